The van der Waals surface area contributed by atoms with E-state index in [1.807, 2.05) is 22.6 Å². The lowest BCUT2D eigenvalue weighted by Crippen LogP contribution is -2.24. The average molecular weight is 346 g/mol. The smallest absolute Gasteiger partial charge is 0.251 e. The highest BCUT2D eigenvalue weighted by molar-refractivity contribution is 14.1. The Morgan fingerprint density at radius 1 is 1.59 bits per heavy atom. The lowest BCUT2D eigenvalue weighted by atomic mass is 10.2. The number of phenolic OH excluding ortho intramolecular Hbond substituents is 1. The molecule has 0 heterocycles. The highest BCUT2D eigenvalue weighted by Crippen LogP contribution is 2.20. The van der Waals surface area contributed by atoms with Crippen molar-refractivity contribution in [2.24, 2.45) is 5.11 Å². The minimum absolute atomic E-state index is 0.0901. The van der Waals surface area contributed by atoms with Crippen molar-refractivity contribution in [1.82, 2.24) is 5.32 Å². The highest BCUT2D eigenvalue weighted by Gasteiger charge is 2.07. The molecule has 0 spiro atoms. The molecule has 0 aromatic heterocycles. The number of nitrogens with zero attached hydrogens (tertiary/aromatic N) is 3. The van der Waals surface area contributed by atoms with Crippen LogP contribution in [0.2, 0.25) is 0 Å². The summed E-state index contributed by atoms with van der Waals surface area (Å²) in [5.41, 5.74) is 8.46. The third-order valence-corrected chi connectivity index (χ3v) is 2.90. The molecule has 0 aliphatic rings. The van der Waals surface area contributed by atoms with Crippen LogP contribution < -0.4 is 5.32 Å². The summed E-state index contributed by atoms with van der Waals surface area (Å²) < 4.78 is 0.697. The molecule has 1 amide bonds. The Labute approximate surface area is 112 Å². The van der Waals surface area contributed by atoms with Crippen LogP contribution in [-0.4, -0.2) is 24.1 Å². The predicted octanol–water partition coefficient (Wildman–Crippen LogP) is 2.43. The molecule has 17 heavy (non-hydrogen) atoms. The van der Waals surface area contributed by atoms with Crippen molar-refractivity contribution >= 4 is 28.5 Å². The van der Waals surface area contributed by atoms with Crippen molar-refractivity contribution in [3.63, 3.8) is 0 Å². The molecule has 2 N–H and O–H groups in total. The number of amides is 1. The van der Waals surface area contributed by atoms with Crippen LogP contribution >= 0.6 is 22.6 Å². The van der Waals surface area contributed by atoms with E-state index in [1.54, 1.807) is 12.1 Å². The Hall–Kier alpha value is -1.47. The number of nitrogens with one attached hydrogen (secondary N) is 1. The number of hydrogen-bond donors (Lipinski definition) is 2. The van der Waals surface area contributed by atoms with Gasteiger partial charge in [-0.05, 0) is 52.7 Å². The Morgan fingerprint density at radius 2 is 2.35 bits per heavy atom. The second-order valence-corrected chi connectivity index (χ2v) is 4.39. The summed E-state index contributed by atoms with van der Waals surface area (Å²) in [5, 5.41) is 15.5. The molecule has 0 saturated heterocycles. The first kappa shape index (κ1) is 13.6. The van der Waals surface area contributed by atoms with Crippen molar-refractivity contribution in [2.75, 3.05) is 13.1 Å². The van der Waals surface area contributed by atoms with E-state index in [1.165, 1.54) is 6.07 Å². The molecule has 0 aliphatic carbocycles. The van der Waals surface area contributed by atoms with Gasteiger partial charge in [-0.2, -0.15) is 0 Å². The van der Waals surface area contributed by atoms with E-state index in [-0.39, 0.29) is 11.7 Å². The maximum Gasteiger partial charge on any atom is 0.251 e. The molecule has 1 aromatic carbocycles. The Balaban J connectivity index is 2.46. The first-order valence-corrected chi connectivity index (χ1v) is 6.00. The van der Waals surface area contributed by atoms with Gasteiger partial charge in [0.25, 0.3) is 5.91 Å². The molecule has 6 nitrogen and oxygen atoms in total. The van der Waals surface area contributed by atoms with Gasteiger partial charge >= 0.3 is 0 Å². The van der Waals surface area contributed by atoms with Crippen LogP contribution in [0.5, 0.6) is 5.75 Å². The van der Waals surface area contributed by atoms with E-state index in [4.69, 9.17) is 5.53 Å². The second-order valence-electron chi connectivity index (χ2n) is 3.23. The van der Waals surface area contributed by atoms with Gasteiger partial charge in [-0.3, -0.25) is 4.79 Å². The van der Waals surface area contributed by atoms with E-state index in [0.717, 1.165) is 0 Å². The van der Waals surface area contributed by atoms with E-state index >= 15 is 0 Å². The molecule has 0 aliphatic heterocycles. The number of halogens is 1. The van der Waals surface area contributed by atoms with Gasteiger partial charge in [-0.25, -0.2) is 0 Å². The van der Waals surface area contributed by atoms with Crippen molar-refractivity contribution in [3.05, 3.63) is 37.8 Å². The molecule has 1 rings (SSSR count). The normalized spacial score (nSPS) is 9.47. The molecule has 0 saturated carbocycles. The van der Waals surface area contributed by atoms with E-state index in [9.17, 15) is 9.90 Å². The third kappa shape index (κ3) is 4.49. The van der Waals surface area contributed by atoms with Crippen molar-refractivity contribution < 1.29 is 9.90 Å². The summed E-state index contributed by atoms with van der Waals surface area (Å²) in [5.74, 6) is -0.162. The summed E-state index contributed by atoms with van der Waals surface area (Å²) >= 11 is 1.98. The van der Waals surface area contributed by atoms with Crippen LogP contribution in [0.25, 0.3) is 10.4 Å². The number of carbonyl (C=O) groups is 1. The molecule has 0 bridgehead atoms. The quantitative estimate of drug-likeness (QED) is 0.281. The summed E-state index contributed by atoms with van der Waals surface area (Å²) in [6.45, 7) is 0.791. The maximum absolute atomic E-state index is 11.6. The fourth-order valence-corrected chi connectivity index (χ4v) is 1.49. The van der Waals surface area contributed by atoms with E-state index in [0.29, 0.717) is 28.6 Å². The van der Waals surface area contributed by atoms with Crippen LogP contribution in [0.1, 0.15) is 16.8 Å². The molecule has 0 unspecified atom stereocenters. The predicted molar refractivity (Wildman–Crippen MR) is 71.8 cm³/mol. The van der Waals surface area contributed by atoms with Crippen LogP contribution in [0.15, 0.2) is 23.3 Å². The second kappa shape index (κ2) is 6.97. The number of aromatic hydroxyl groups is 1. The van der Waals surface area contributed by atoms with E-state index < -0.39 is 0 Å². The SMILES string of the molecule is [N-]=[N+]=NCCCNC(=O)c1ccc(I)c(O)c1. The third-order valence-electron chi connectivity index (χ3n) is 1.99. The lowest BCUT2D eigenvalue weighted by Gasteiger charge is -2.05. The summed E-state index contributed by atoms with van der Waals surface area (Å²) in [6.07, 6.45) is 0.589. The number of azide groups is 1. The first-order valence-electron chi connectivity index (χ1n) is 4.92. The Bertz CT molecular complexity index is 458. The molecule has 0 radical (unpaired) electrons. The topological polar surface area (TPSA) is 98.1 Å². The molecule has 90 valence electrons. The number of rotatable bonds is 5. The Morgan fingerprint density at radius 3 is 3.00 bits per heavy atom. The van der Waals surface area contributed by atoms with Crippen LogP contribution in [0, 0.1) is 3.57 Å². The molecule has 0 atom stereocenters. The zero-order valence-corrected chi connectivity index (χ0v) is 11.1. The van der Waals surface area contributed by atoms with Gasteiger partial charge in [-0.1, -0.05) is 5.11 Å². The molecular formula is C10H11IN4O2. The zero-order valence-electron chi connectivity index (χ0n) is 8.93. The Kier molecular flexibility index (Phi) is 5.58. The minimum atomic E-state index is -0.252. The van der Waals surface area contributed by atoms with Gasteiger partial charge in [0.1, 0.15) is 5.75 Å². The van der Waals surface area contributed by atoms with Crippen molar-refractivity contribution in [3.8, 4) is 5.75 Å². The van der Waals surface area contributed by atoms with E-state index in [2.05, 4.69) is 15.3 Å². The van der Waals surface area contributed by atoms with Gasteiger partial charge in [0.05, 0.1) is 3.57 Å². The summed E-state index contributed by atoms with van der Waals surface area (Å²) in [4.78, 5) is 14.2. The fraction of sp³-hybridized carbons (Fsp3) is 0.300. The number of carbonyl (C=O) groups excluding carboxylic acids is 1. The van der Waals surface area contributed by atoms with Gasteiger partial charge < -0.3 is 10.4 Å². The minimum Gasteiger partial charge on any atom is -0.507 e. The average Bonchev–Trinajstić information content (AvgIpc) is 2.32. The molecule has 0 fully saturated rings. The number of hydrogen-bond acceptors (Lipinski definition) is 3. The van der Waals surface area contributed by atoms with Gasteiger partial charge in [0, 0.05) is 23.6 Å². The lowest BCUT2D eigenvalue weighted by molar-refractivity contribution is 0.0953. The van der Waals surface area contributed by atoms with Gasteiger partial charge in [-0.15, -0.1) is 0 Å². The van der Waals surface area contributed by atoms with Crippen LogP contribution in [0.4, 0.5) is 0 Å². The fourth-order valence-electron chi connectivity index (χ4n) is 1.15. The van der Waals surface area contributed by atoms with Crippen molar-refractivity contribution in [1.29, 1.82) is 0 Å². The van der Waals surface area contributed by atoms with Crippen LogP contribution in [-0.2, 0) is 0 Å². The zero-order chi connectivity index (χ0) is 12.7. The summed E-state index contributed by atoms with van der Waals surface area (Å²) in [6, 6.07) is 4.74. The highest BCUT2D eigenvalue weighted by atomic mass is 127. The first-order chi connectivity index (χ1) is 8.15. The van der Waals surface area contributed by atoms with Crippen LogP contribution in [0.3, 0.4) is 0 Å². The maximum atomic E-state index is 11.6. The standard InChI is InChI=1S/C10H11IN4O2/c11-8-3-2-7(6-9(8)16)10(17)13-4-1-5-14-15-12/h2-3,6,16H,1,4-5H2,(H,13,17). The number of phenols is 1. The molecule has 1 aromatic rings. The largest absolute Gasteiger partial charge is 0.507 e. The van der Waals surface area contributed by atoms with Gasteiger partial charge in [0.15, 0.2) is 0 Å². The summed E-state index contributed by atoms with van der Waals surface area (Å²) in [7, 11) is 0. The molecular weight excluding hydrogens is 335 g/mol. The monoisotopic (exact) mass is 346 g/mol. The number of benzene rings is 1. The van der Waals surface area contributed by atoms with Crippen molar-refractivity contribution in [2.45, 2.75) is 6.42 Å². The molecule has 7 heteroatoms. The van der Waals surface area contributed by atoms with Gasteiger partial charge in [0.2, 0.25) is 0 Å².